The first kappa shape index (κ1) is 19.0. The van der Waals surface area contributed by atoms with E-state index in [0.717, 1.165) is 24.0 Å². The molecule has 0 atom stereocenters. The molecule has 26 heavy (non-hydrogen) atoms. The maximum absolute atomic E-state index is 12.5. The summed E-state index contributed by atoms with van der Waals surface area (Å²) in [7, 11) is -4.35. The number of esters is 1. The van der Waals surface area contributed by atoms with Gasteiger partial charge in [-0.15, -0.1) is 0 Å². The first-order valence-corrected chi connectivity index (χ1v) is 9.71. The normalized spacial score (nSPS) is 25.8. The highest BCUT2D eigenvalue weighted by Gasteiger charge is 2.49. The molecule has 0 amide bonds. The molecule has 0 unspecified atom stereocenters. The number of aryl methyl sites for hydroxylation is 1. The zero-order valence-electron chi connectivity index (χ0n) is 14.1. The number of alkyl halides is 3. The fraction of sp³-hybridized carbons (Fsp3) is 0.588. The van der Waals surface area contributed by atoms with Gasteiger partial charge in [0.2, 0.25) is 0 Å². The molecular formula is C17H19F3O5S. The van der Waals surface area contributed by atoms with Gasteiger partial charge < -0.3 is 8.92 Å². The van der Waals surface area contributed by atoms with Crippen molar-refractivity contribution in [2.75, 3.05) is 7.11 Å². The van der Waals surface area contributed by atoms with Gasteiger partial charge in [-0.25, -0.2) is 0 Å². The van der Waals surface area contributed by atoms with E-state index in [9.17, 15) is 26.4 Å². The Morgan fingerprint density at radius 1 is 1.19 bits per heavy atom. The van der Waals surface area contributed by atoms with Crippen LogP contribution in [-0.4, -0.2) is 27.0 Å². The van der Waals surface area contributed by atoms with Crippen LogP contribution in [0.3, 0.4) is 0 Å². The second-order valence-electron chi connectivity index (χ2n) is 6.88. The van der Waals surface area contributed by atoms with Gasteiger partial charge in [0, 0.05) is 0 Å². The van der Waals surface area contributed by atoms with Crippen LogP contribution < -0.4 is 4.18 Å². The summed E-state index contributed by atoms with van der Waals surface area (Å²) in [5.41, 5.74) is -3.90. The van der Waals surface area contributed by atoms with Crippen LogP contribution >= 0.6 is 0 Å². The van der Waals surface area contributed by atoms with E-state index in [1.165, 1.54) is 19.2 Å². The number of carbonyl (C=O) groups excluding carboxylic acids is 1. The Bertz CT molecular complexity index is 808. The van der Waals surface area contributed by atoms with Gasteiger partial charge in [0.05, 0.1) is 13.0 Å². The number of hydrogen-bond acceptors (Lipinski definition) is 5. The molecule has 0 aromatic heterocycles. The van der Waals surface area contributed by atoms with E-state index < -0.39 is 15.6 Å². The largest absolute Gasteiger partial charge is 0.534 e. The summed E-state index contributed by atoms with van der Waals surface area (Å²) < 4.78 is 69.2. The fourth-order valence-electron chi connectivity index (χ4n) is 4.09. The molecule has 3 rings (SSSR count). The third kappa shape index (κ3) is 3.28. The third-order valence-electron chi connectivity index (χ3n) is 5.49. The van der Waals surface area contributed by atoms with E-state index in [0.29, 0.717) is 25.7 Å². The van der Waals surface area contributed by atoms with Crippen LogP contribution in [0.1, 0.15) is 43.2 Å². The summed E-state index contributed by atoms with van der Waals surface area (Å²) in [5.74, 6) is -0.747. The van der Waals surface area contributed by atoms with Gasteiger partial charge in [-0.2, -0.15) is 21.6 Å². The molecule has 5 nitrogen and oxygen atoms in total. The van der Waals surface area contributed by atoms with Gasteiger partial charge in [0.15, 0.2) is 0 Å². The number of ether oxygens (including phenoxy) is 1. The van der Waals surface area contributed by atoms with Crippen molar-refractivity contribution in [1.29, 1.82) is 0 Å². The molecule has 1 fully saturated rings. The Labute approximate surface area is 149 Å². The van der Waals surface area contributed by atoms with Crippen LogP contribution in [0.2, 0.25) is 0 Å². The van der Waals surface area contributed by atoms with Crippen molar-refractivity contribution < 1.29 is 35.3 Å². The summed E-state index contributed by atoms with van der Waals surface area (Å²) >= 11 is 0. The molecule has 1 aromatic carbocycles. The summed E-state index contributed by atoms with van der Waals surface area (Å²) in [6.07, 6.45) is 4.27. The summed E-state index contributed by atoms with van der Waals surface area (Å²) in [6, 6.07) is 4.28. The van der Waals surface area contributed by atoms with Crippen LogP contribution in [-0.2, 0) is 31.5 Å². The van der Waals surface area contributed by atoms with E-state index in [-0.39, 0.29) is 23.1 Å². The average molecular weight is 392 g/mol. The van der Waals surface area contributed by atoms with Crippen molar-refractivity contribution in [3.05, 3.63) is 29.3 Å². The molecule has 0 radical (unpaired) electrons. The minimum atomic E-state index is -5.70. The van der Waals surface area contributed by atoms with Gasteiger partial charge in [-0.3, -0.25) is 4.79 Å². The molecule has 144 valence electrons. The van der Waals surface area contributed by atoms with Crippen LogP contribution in [0, 0.1) is 5.92 Å². The Morgan fingerprint density at radius 3 is 2.42 bits per heavy atom. The lowest BCUT2D eigenvalue weighted by molar-refractivity contribution is -0.147. The molecule has 0 N–H and O–H groups in total. The van der Waals surface area contributed by atoms with Crippen molar-refractivity contribution in [1.82, 2.24) is 0 Å². The first-order valence-electron chi connectivity index (χ1n) is 8.30. The van der Waals surface area contributed by atoms with E-state index in [2.05, 4.69) is 4.18 Å². The zero-order valence-corrected chi connectivity index (χ0v) is 15.0. The van der Waals surface area contributed by atoms with Crippen molar-refractivity contribution >= 4 is 16.1 Å². The fourth-order valence-corrected chi connectivity index (χ4v) is 4.55. The predicted molar refractivity (Wildman–Crippen MR) is 86.0 cm³/mol. The average Bonchev–Trinajstić information content (AvgIpc) is 2.91. The van der Waals surface area contributed by atoms with Crippen molar-refractivity contribution in [3.63, 3.8) is 0 Å². The molecular weight excluding hydrogens is 373 g/mol. The van der Waals surface area contributed by atoms with E-state index in [1.54, 1.807) is 6.07 Å². The van der Waals surface area contributed by atoms with Gasteiger partial charge in [0.1, 0.15) is 5.75 Å². The predicted octanol–water partition coefficient (Wildman–Crippen LogP) is 3.46. The highest BCUT2D eigenvalue weighted by atomic mass is 32.2. The highest BCUT2D eigenvalue weighted by Crippen LogP contribution is 2.51. The van der Waals surface area contributed by atoms with Crippen LogP contribution in [0.5, 0.6) is 5.75 Å². The van der Waals surface area contributed by atoms with Crippen molar-refractivity contribution in [2.24, 2.45) is 5.92 Å². The molecule has 0 bridgehead atoms. The van der Waals surface area contributed by atoms with Crippen LogP contribution in [0.15, 0.2) is 18.2 Å². The maximum atomic E-state index is 12.5. The molecule has 0 heterocycles. The van der Waals surface area contributed by atoms with Crippen LogP contribution in [0.25, 0.3) is 0 Å². The van der Waals surface area contributed by atoms with Gasteiger partial charge >= 0.3 is 21.6 Å². The Kier molecular flexibility index (Phi) is 4.71. The number of methoxy groups -OCH3 is 1. The van der Waals surface area contributed by atoms with Crippen molar-refractivity contribution in [3.8, 4) is 5.75 Å². The number of hydrogen-bond donors (Lipinski definition) is 0. The number of carbonyl (C=O) groups is 1. The minimum absolute atomic E-state index is 0.167. The maximum Gasteiger partial charge on any atom is 0.534 e. The first-order chi connectivity index (χ1) is 12.1. The van der Waals surface area contributed by atoms with E-state index in [1.807, 2.05) is 0 Å². The number of halogens is 3. The van der Waals surface area contributed by atoms with E-state index >= 15 is 0 Å². The lowest BCUT2D eigenvalue weighted by Gasteiger charge is -2.37. The van der Waals surface area contributed by atoms with Crippen LogP contribution in [0.4, 0.5) is 13.2 Å². The van der Waals surface area contributed by atoms with E-state index in [4.69, 9.17) is 4.74 Å². The Hall–Kier alpha value is -1.77. The SMILES string of the molecule is COC(=O)C1CCC2(CCc3ccc(OS(=O)(=O)C(F)(F)F)cc32)CC1. The quantitative estimate of drug-likeness (QED) is 0.448. The second kappa shape index (κ2) is 6.44. The van der Waals surface area contributed by atoms with Gasteiger partial charge in [0.25, 0.3) is 0 Å². The summed E-state index contributed by atoms with van der Waals surface area (Å²) in [5, 5.41) is 0. The summed E-state index contributed by atoms with van der Waals surface area (Å²) in [6.45, 7) is 0. The molecule has 1 saturated carbocycles. The molecule has 2 aliphatic rings. The molecule has 1 spiro atoms. The molecule has 1 aromatic rings. The molecule has 2 aliphatic carbocycles. The van der Waals surface area contributed by atoms with Crippen molar-refractivity contribution in [2.45, 2.75) is 49.4 Å². The highest BCUT2D eigenvalue weighted by molar-refractivity contribution is 7.88. The number of fused-ring (bicyclic) bond motifs is 2. The number of benzene rings is 1. The molecule has 0 aliphatic heterocycles. The Balaban J connectivity index is 1.84. The zero-order chi connectivity index (χ0) is 19.2. The smallest absolute Gasteiger partial charge is 0.469 e. The lowest BCUT2D eigenvalue weighted by atomic mass is 9.67. The molecule has 0 saturated heterocycles. The second-order valence-corrected chi connectivity index (χ2v) is 8.42. The number of rotatable bonds is 3. The Morgan fingerprint density at radius 2 is 1.85 bits per heavy atom. The topological polar surface area (TPSA) is 69.7 Å². The minimum Gasteiger partial charge on any atom is -0.469 e. The monoisotopic (exact) mass is 392 g/mol. The van der Waals surface area contributed by atoms with Gasteiger partial charge in [-0.1, -0.05) is 6.07 Å². The summed E-state index contributed by atoms with van der Waals surface area (Å²) in [4.78, 5) is 11.7. The molecule has 9 heteroatoms. The lowest BCUT2D eigenvalue weighted by Crippen LogP contribution is -2.33. The van der Waals surface area contributed by atoms with Gasteiger partial charge in [-0.05, 0) is 67.2 Å². The third-order valence-corrected chi connectivity index (χ3v) is 6.47. The standard InChI is InChI=1S/C17H19F3O5S/c1-24-15(21)12-5-8-16(9-6-12)7-4-11-2-3-13(10-14(11)16)25-26(22,23)17(18,19)20/h2-3,10,12H,4-9H2,1H3.